The van der Waals surface area contributed by atoms with Gasteiger partial charge in [0.2, 0.25) is 5.91 Å². The van der Waals surface area contributed by atoms with Crippen LogP contribution >= 0.6 is 0 Å². The molecular weight excluding hydrogens is 426 g/mol. The van der Waals surface area contributed by atoms with Gasteiger partial charge in [0, 0.05) is 18.7 Å². The number of hydrogen-bond donors (Lipinski definition) is 3. The van der Waals surface area contributed by atoms with Crippen molar-refractivity contribution in [2.24, 2.45) is 0 Å². The lowest BCUT2D eigenvalue weighted by Gasteiger charge is -2.08. The largest absolute Gasteiger partial charge is 0.497 e. The predicted octanol–water partition coefficient (Wildman–Crippen LogP) is 3.73. The smallest absolute Gasteiger partial charge is 0.404 e. The van der Waals surface area contributed by atoms with Gasteiger partial charge in [-0.1, -0.05) is 17.3 Å². The number of ether oxygens (including phenoxy) is 2. The summed E-state index contributed by atoms with van der Waals surface area (Å²) < 4.78 is 16.1. The molecule has 0 aliphatic heterocycles. The zero-order valence-electron chi connectivity index (χ0n) is 18.6. The first-order chi connectivity index (χ1) is 16.0. The topological polar surface area (TPSA) is 123 Å². The lowest BCUT2D eigenvalue weighted by Crippen LogP contribution is -2.27. The van der Waals surface area contributed by atoms with E-state index in [1.807, 2.05) is 48.5 Å². The van der Waals surface area contributed by atoms with Crippen LogP contribution in [0.2, 0.25) is 0 Å². The van der Waals surface area contributed by atoms with Crippen molar-refractivity contribution in [1.82, 2.24) is 15.8 Å². The molecule has 3 aromatic rings. The van der Waals surface area contributed by atoms with Crippen molar-refractivity contribution in [3.05, 3.63) is 54.3 Å². The molecule has 2 amide bonds. The summed E-state index contributed by atoms with van der Waals surface area (Å²) in [6, 6.07) is 14.9. The van der Waals surface area contributed by atoms with Gasteiger partial charge in [-0.05, 0) is 54.8 Å². The molecule has 1 aromatic heterocycles. The molecule has 0 fully saturated rings. The van der Waals surface area contributed by atoms with Gasteiger partial charge < -0.3 is 29.7 Å². The Morgan fingerprint density at radius 1 is 0.879 bits per heavy atom. The van der Waals surface area contributed by atoms with Gasteiger partial charge in [-0.25, -0.2) is 4.79 Å². The average molecular weight is 453 g/mol. The fourth-order valence-corrected chi connectivity index (χ4v) is 3.33. The minimum atomic E-state index is -1.05. The Bertz CT molecular complexity index is 1060. The van der Waals surface area contributed by atoms with Gasteiger partial charge in [0.15, 0.2) is 5.76 Å². The minimum absolute atomic E-state index is 0.0257. The highest BCUT2D eigenvalue weighted by molar-refractivity contribution is 5.86. The maximum atomic E-state index is 12.5. The van der Waals surface area contributed by atoms with Crippen molar-refractivity contribution in [2.75, 3.05) is 27.3 Å². The molecule has 0 saturated heterocycles. The van der Waals surface area contributed by atoms with Crippen LogP contribution < -0.4 is 20.1 Å². The maximum Gasteiger partial charge on any atom is 0.404 e. The molecule has 0 spiro atoms. The zero-order chi connectivity index (χ0) is 23.6. The summed E-state index contributed by atoms with van der Waals surface area (Å²) in [5.41, 5.74) is 3.06. The summed E-state index contributed by atoms with van der Waals surface area (Å²) >= 11 is 0. The summed E-state index contributed by atoms with van der Waals surface area (Å²) in [6.07, 6.45) is 0.263. The lowest BCUT2D eigenvalue weighted by atomic mass is 9.98. The van der Waals surface area contributed by atoms with E-state index >= 15 is 0 Å². The Hall–Kier alpha value is -4.01. The van der Waals surface area contributed by atoms with Crippen LogP contribution in [0.3, 0.4) is 0 Å². The average Bonchev–Trinajstić information content (AvgIpc) is 3.24. The van der Waals surface area contributed by atoms with Gasteiger partial charge in [-0.15, -0.1) is 0 Å². The Morgan fingerprint density at radius 2 is 1.42 bits per heavy atom. The summed E-state index contributed by atoms with van der Waals surface area (Å²) in [5.74, 6) is 1.70. The number of methoxy groups -OCH3 is 2. The summed E-state index contributed by atoms with van der Waals surface area (Å²) in [5, 5.41) is 18.0. The van der Waals surface area contributed by atoms with Crippen LogP contribution in [0, 0.1) is 0 Å². The number of hydrogen-bond acceptors (Lipinski definition) is 6. The van der Waals surface area contributed by atoms with Crippen molar-refractivity contribution in [1.29, 1.82) is 0 Å². The number of rotatable bonds is 11. The molecule has 0 bridgehead atoms. The molecule has 9 nitrogen and oxygen atoms in total. The molecule has 2 aromatic carbocycles. The third-order valence-corrected chi connectivity index (χ3v) is 5.03. The molecular formula is C24H27N3O6. The molecule has 33 heavy (non-hydrogen) atoms. The molecule has 0 aliphatic carbocycles. The van der Waals surface area contributed by atoms with Gasteiger partial charge >= 0.3 is 6.09 Å². The van der Waals surface area contributed by atoms with Crippen LogP contribution in [0.25, 0.3) is 22.4 Å². The fraction of sp³-hybridized carbons (Fsp3) is 0.292. The van der Waals surface area contributed by atoms with Crippen LogP contribution in [-0.2, 0) is 11.2 Å². The molecule has 0 saturated carbocycles. The van der Waals surface area contributed by atoms with Gasteiger partial charge in [-0.3, -0.25) is 4.79 Å². The standard InChI is InChI=1S/C24H27N3O6/c1-31-18-9-5-16(6-10-18)22-20(15-21(28)25-13-3-4-14-26-24(29)30)33-27-23(22)17-7-11-19(32-2)12-8-17/h5-12,26H,3-4,13-15H2,1-2H3,(H,25,28)(H,29,30). The third-order valence-electron chi connectivity index (χ3n) is 5.03. The lowest BCUT2D eigenvalue weighted by molar-refractivity contribution is -0.120. The van der Waals surface area contributed by atoms with E-state index in [4.69, 9.17) is 19.1 Å². The molecule has 0 aliphatic rings. The summed E-state index contributed by atoms with van der Waals surface area (Å²) in [4.78, 5) is 23.0. The van der Waals surface area contributed by atoms with Crippen molar-refractivity contribution in [2.45, 2.75) is 19.3 Å². The van der Waals surface area contributed by atoms with Crippen LogP contribution in [0.4, 0.5) is 4.79 Å². The first kappa shape index (κ1) is 23.6. The van der Waals surface area contributed by atoms with Gasteiger partial charge in [0.25, 0.3) is 0 Å². The van der Waals surface area contributed by atoms with Crippen LogP contribution in [0.15, 0.2) is 53.1 Å². The number of carboxylic acid groups (broad SMARTS) is 1. The number of carbonyl (C=O) groups excluding carboxylic acids is 1. The molecule has 0 radical (unpaired) electrons. The number of nitrogens with zero attached hydrogens (tertiary/aromatic N) is 1. The van der Waals surface area contributed by atoms with Crippen molar-refractivity contribution in [3.8, 4) is 33.9 Å². The number of carbonyl (C=O) groups is 2. The summed E-state index contributed by atoms with van der Waals surface area (Å²) in [7, 11) is 3.21. The number of aromatic nitrogens is 1. The molecule has 9 heteroatoms. The number of unbranched alkanes of at least 4 members (excludes halogenated alkanes) is 1. The minimum Gasteiger partial charge on any atom is -0.497 e. The van der Waals surface area contributed by atoms with Crippen LogP contribution in [0.5, 0.6) is 11.5 Å². The van der Waals surface area contributed by atoms with E-state index in [-0.39, 0.29) is 12.3 Å². The van der Waals surface area contributed by atoms with Crippen LogP contribution in [-0.4, -0.2) is 49.6 Å². The predicted molar refractivity (Wildman–Crippen MR) is 122 cm³/mol. The van der Waals surface area contributed by atoms with Crippen LogP contribution in [0.1, 0.15) is 18.6 Å². The Labute approximate surface area is 191 Å². The van der Waals surface area contributed by atoms with Crippen molar-refractivity contribution < 1.29 is 28.7 Å². The second kappa shape index (κ2) is 11.6. The van der Waals surface area contributed by atoms with E-state index < -0.39 is 6.09 Å². The molecule has 3 rings (SSSR count). The molecule has 174 valence electrons. The monoisotopic (exact) mass is 453 g/mol. The van der Waals surface area contributed by atoms with E-state index in [0.717, 1.165) is 28.2 Å². The SMILES string of the molecule is COc1ccc(-c2noc(CC(=O)NCCCCNC(=O)O)c2-c2ccc(OC)cc2)cc1. The first-order valence-electron chi connectivity index (χ1n) is 10.5. The van der Waals surface area contributed by atoms with E-state index in [0.29, 0.717) is 37.4 Å². The highest BCUT2D eigenvalue weighted by Crippen LogP contribution is 2.36. The molecule has 0 unspecified atom stereocenters. The number of amides is 2. The van der Waals surface area contributed by atoms with E-state index in [1.165, 1.54) is 0 Å². The normalized spacial score (nSPS) is 10.5. The molecule has 0 atom stereocenters. The Morgan fingerprint density at radius 3 is 1.97 bits per heavy atom. The quantitative estimate of drug-likeness (QED) is 0.378. The first-order valence-corrected chi connectivity index (χ1v) is 10.5. The molecule has 3 N–H and O–H groups in total. The summed E-state index contributed by atoms with van der Waals surface area (Å²) in [6.45, 7) is 0.789. The fourth-order valence-electron chi connectivity index (χ4n) is 3.33. The van der Waals surface area contributed by atoms with Gasteiger partial charge in [0.1, 0.15) is 17.2 Å². The van der Waals surface area contributed by atoms with Gasteiger partial charge in [0.05, 0.1) is 26.2 Å². The number of nitrogens with one attached hydrogen (secondary N) is 2. The maximum absolute atomic E-state index is 12.5. The Kier molecular flexibility index (Phi) is 8.29. The van der Waals surface area contributed by atoms with Crippen molar-refractivity contribution in [3.63, 3.8) is 0 Å². The Balaban J connectivity index is 1.77. The second-order valence-corrected chi connectivity index (χ2v) is 7.25. The molecule has 1 heterocycles. The van der Waals surface area contributed by atoms with Gasteiger partial charge in [-0.2, -0.15) is 0 Å². The highest BCUT2D eigenvalue weighted by atomic mass is 16.5. The highest BCUT2D eigenvalue weighted by Gasteiger charge is 2.21. The zero-order valence-corrected chi connectivity index (χ0v) is 18.6. The van der Waals surface area contributed by atoms with E-state index in [9.17, 15) is 9.59 Å². The van der Waals surface area contributed by atoms with E-state index in [2.05, 4.69) is 15.8 Å². The number of benzene rings is 2. The van der Waals surface area contributed by atoms with E-state index in [1.54, 1.807) is 14.2 Å². The van der Waals surface area contributed by atoms with Crippen molar-refractivity contribution >= 4 is 12.0 Å². The third kappa shape index (κ3) is 6.49. The second-order valence-electron chi connectivity index (χ2n) is 7.25.